The van der Waals surface area contributed by atoms with E-state index in [0.717, 1.165) is 0 Å². The normalized spacial score (nSPS) is 14.8. The number of rotatable bonds is 5. The van der Waals surface area contributed by atoms with E-state index < -0.39 is 15.4 Å². The molecule has 0 aliphatic carbocycles. The van der Waals surface area contributed by atoms with Crippen molar-refractivity contribution in [2.24, 2.45) is 0 Å². The lowest BCUT2D eigenvalue weighted by atomic mass is 10.2. The molecule has 0 aromatic rings. The summed E-state index contributed by atoms with van der Waals surface area (Å²) in [4.78, 5) is 0. The molecule has 0 aliphatic heterocycles. The Hall–Kier alpha value is -0.130. The van der Waals surface area contributed by atoms with Crippen LogP contribution in [0.3, 0.4) is 0 Å². The summed E-state index contributed by atoms with van der Waals surface area (Å²) >= 11 is 0. The van der Waals surface area contributed by atoms with Crippen molar-refractivity contribution in [3.05, 3.63) is 0 Å². The van der Waals surface area contributed by atoms with Crippen LogP contribution in [0.5, 0.6) is 0 Å². The molecule has 0 rings (SSSR count). The number of hydrogen-bond acceptors (Lipinski definition) is 3. The SMILES string of the molecule is CCCC(CCO)S(=O)(=O)O. The Morgan fingerprint density at radius 2 is 1.91 bits per heavy atom. The zero-order valence-electron chi connectivity index (χ0n) is 6.52. The van der Waals surface area contributed by atoms with E-state index >= 15 is 0 Å². The maximum Gasteiger partial charge on any atom is 0.267 e. The van der Waals surface area contributed by atoms with Gasteiger partial charge in [-0.25, -0.2) is 0 Å². The zero-order valence-corrected chi connectivity index (χ0v) is 7.34. The van der Waals surface area contributed by atoms with Gasteiger partial charge in [-0.1, -0.05) is 13.3 Å². The summed E-state index contributed by atoms with van der Waals surface area (Å²) < 4.78 is 29.7. The third-order valence-electron chi connectivity index (χ3n) is 1.48. The van der Waals surface area contributed by atoms with Gasteiger partial charge in [0.05, 0.1) is 5.25 Å². The Bertz CT molecular complexity index is 179. The van der Waals surface area contributed by atoms with E-state index in [1.807, 2.05) is 6.92 Å². The highest BCUT2D eigenvalue weighted by molar-refractivity contribution is 7.86. The molecule has 0 heterocycles. The molecule has 11 heavy (non-hydrogen) atoms. The van der Waals surface area contributed by atoms with Gasteiger partial charge >= 0.3 is 0 Å². The second-order valence-corrected chi connectivity index (χ2v) is 4.13. The van der Waals surface area contributed by atoms with Crippen molar-refractivity contribution < 1.29 is 18.1 Å². The largest absolute Gasteiger partial charge is 0.396 e. The van der Waals surface area contributed by atoms with Crippen LogP contribution < -0.4 is 0 Å². The molecule has 0 amide bonds. The molecule has 0 spiro atoms. The summed E-state index contributed by atoms with van der Waals surface area (Å²) in [5.74, 6) is 0. The molecule has 1 atom stereocenters. The van der Waals surface area contributed by atoms with Crippen LogP contribution in [-0.2, 0) is 10.1 Å². The van der Waals surface area contributed by atoms with Crippen molar-refractivity contribution in [3.63, 3.8) is 0 Å². The standard InChI is InChI=1S/C6H14O4S/c1-2-3-6(4-5-7)11(8,9)10/h6-7H,2-5H2,1H3,(H,8,9,10). The lowest BCUT2D eigenvalue weighted by Crippen LogP contribution is -2.21. The van der Waals surface area contributed by atoms with Crippen LogP contribution in [0.4, 0.5) is 0 Å². The first kappa shape index (κ1) is 10.9. The van der Waals surface area contributed by atoms with Crippen LogP contribution in [0.15, 0.2) is 0 Å². The minimum Gasteiger partial charge on any atom is -0.396 e. The Morgan fingerprint density at radius 1 is 1.36 bits per heavy atom. The van der Waals surface area contributed by atoms with E-state index in [0.29, 0.717) is 12.8 Å². The van der Waals surface area contributed by atoms with Gasteiger partial charge in [0.25, 0.3) is 10.1 Å². The Kier molecular flexibility index (Phi) is 4.63. The fraction of sp³-hybridized carbons (Fsp3) is 1.00. The molecule has 2 N–H and O–H groups in total. The molecule has 0 aromatic heterocycles. The summed E-state index contributed by atoms with van der Waals surface area (Å²) in [6, 6.07) is 0. The van der Waals surface area contributed by atoms with E-state index in [-0.39, 0.29) is 13.0 Å². The third kappa shape index (κ3) is 4.34. The van der Waals surface area contributed by atoms with Gasteiger partial charge in [-0.15, -0.1) is 0 Å². The molecule has 0 fully saturated rings. The van der Waals surface area contributed by atoms with Crippen molar-refractivity contribution >= 4 is 10.1 Å². The summed E-state index contributed by atoms with van der Waals surface area (Å²) in [6.07, 6.45) is 1.20. The van der Waals surface area contributed by atoms with Crippen LogP contribution in [0, 0.1) is 0 Å². The molecule has 0 aromatic carbocycles. The Balaban J connectivity index is 4.11. The molecule has 1 unspecified atom stereocenters. The maximum absolute atomic E-state index is 10.6. The summed E-state index contributed by atoms with van der Waals surface area (Å²) in [5.41, 5.74) is 0. The van der Waals surface area contributed by atoms with Crippen LogP contribution in [0.25, 0.3) is 0 Å². The maximum atomic E-state index is 10.6. The van der Waals surface area contributed by atoms with Gasteiger partial charge in [-0.3, -0.25) is 4.55 Å². The zero-order chi connectivity index (χ0) is 8.91. The second-order valence-electron chi connectivity index (χ2n) is 2.44. The quantitative estimate of drug-likeness (QED) is 0.604. The van der Waals surface area contributed by atoms with E-state index in [2.05, 4.69) is 0 Å². The molecule has 5 heteroatoms. The van der Waals surface area contributed by atoms with Crippen molar-refractivity contribution in [1.29, 1.82) is 0 Å². The molecule has 4 nitrogen and oxygen atoms in total. The van der Waals surface area contributed by atoms with Crippen molar-refractivity contribution in [1.82, 2.24) is 0 Å². The van der Waals surface area contributed by atoms with Gasteiger partial charge in [0, 0.05) is 6.61 Å². The van der Waals surface area contributed by atoms with E-state index in [1.54, 1.807) is 0 Å². The van der Waals surface area contributed by atoms with E-state index in [9.17, 15) is 8.42 Å². The highest BCUT2D eigenvalue weighted by atomic mass is 32.2. The smallest absolute Gasteiger partial charge is 0.267 e. The first-order valence-electron chi connectivity index (χ1n) is 3.59. The molecule has 0 bridgehead atoms. The average molecular weight is 182 g/mol. The van der Waals surface area contributed by atoms with Crippen molar-refractivity contribution in [2.75, 3.05) is 6.61 Å². The monoisotopic (exact) mass is 182 g/mol. The average Bonchev–Trinajstić information content (AvgIpc) is 1.85. The second kappa shape index (κ2) is 4.69. The predicted molar refractivity (Wildman–Crippen MR) is 41.9 cm³/mol. The predicted octanol–water partition coefficient (Wildman–Crippen LogP) is 0.425. The third-order valence-corrected chi connectivity index (χ3v) is 2.80. The van der Waals surface area contributed by atoms with Gasteiger partial charge in [0.15, 0.2) is 0 Å². The highest BCUT2D eigenvalue weighted by Gasteiger charge is 2.20. The van der Waals surface area contributed by atoms with E-state index in [4.69, 9.17) is 9.66 Å². The minimum absolute atomic E-state index is 0.118. The summed E-state index contributed by atoms with van der Waals surface area (Å²) in [6.45, 7) is 1.63. The molecular weight excluding hydrogens is 168 g/mol. The molecule has 0 radical (unpaired) electrons. The molecule has 68 valence electrons. The number of aliphatic hydroxyl groups excluding tert-OH is 1. The molecule has 0 saturated carbocycles. The van der Waals surface area contributed by atoms with Gasteiger partial charge in [0.1, 0.15) is 0 Å². The van der Waals surface area contributed by atoms with Gasteiger partial charge in [0.2, 0.25) is 0 Å². The lowest BCUT2D eigenvalue weighted by molar-refractivity contribution is 0.280. The Morgan fingerprint density at radius 3 is 2.18 bits per heavy atom. The van der Waals surface area contributed by atoms with Gasteiger partial charge in [-0.2, -0.15) is 8.42 Å². The van der Waals surface area contributed by atoms with Crippen LogP contribution in [0.2, 0.25) is 0 Å². The lowest BCUT2D eigenvalue weighted by Gasteiger charge is -2.09. The highest BCUT2D eigenvalue weighted by Crippen LogP contribution is 2.10. The van der Waals surface area contributed by atoms with Crippen molar-refractivity contribution in [3.8, 4) is 0 Å². The van der Waals surface area contributed by atoms with Gasteiger partial charge < -0.3 is 5.11 Å². The van der Waals surface area contributed by atoms with Crippen LogP contribution in [0.1, 0.15) is 26.2 Å². The number of aliphatic hydroxyl groups is 1. The molecule has 0 aliphatic rings. The number of hydrogen-bond donors (Lipinski definition) is 2. The van der Waals surface area contributed by atoms with Crippen LogP contribution >= 0.6 is 0 Å². The Labute approximate surface area is 67.0 Å². The topological polar surface area (TPSA) is 74.6 Å². The molecule has 0 saturated heterocycles. The fourth-order valence-electron chi connectivity index (χ4n) is 0.908. The van der Waals surface area contributed by atoms with Crippen LogP contribution in [-0.4, -0.2) is 29.9 Å². The summed E-state index contributed by atoms with van der Waals surface area (Å²) in [5, 5.41) is 7.66. The first-order chi connectivity index (χ1) is 5.02. The van der Waals surface area contributed by atoms with Crippen molar-refractivity contribution in [2.45, 2.75) is 31.4 Å². The fourth-order valence-corrected chi connectivity index (χ4v) is 1.84. The van der Waals surface area contributed by atoms with Gasteiger partial charge in [-0.05, 0) is 12.8 Å². The summed E-state index contributed by atoms with van der Waals surface area (Å²) in [7, 11) is -3.95. The first-order valence-corrected chi connectivity index (χ1v) is 5.09. The van der Waals surface area contributed by atoms with E-state index in [1.165, 1.54) is 0 Å². The molecular formula is C6H14O4S. The minimum atomic E-state index is -3.95.